The molecule has 1 aliphatic rings. The third kappa shape index (κ3) is 4.57. The number of benzene rings is 1. The minimum Gasteiger partial charge on any atom is -0.359 e. The van der Waals surface area contributed by atoms with E-state index in [1.165, 1.54) is 18.4 Å². The number of piperidine rings is 1. The molecule has 2 aromatic heterocycles. The largest absolute Gasteiger partial charge is 0.359 e. The van der Waals surface area contributed by atoms with Gasteiger partial charge in [-0.15, -0.1) is 0 Å². The second-order valence-corrected chi connectivity index (χ2v) is 7.64. The third-order valence-corrected chi connectivity index (χ3v) is 5.40. The maximum Gasteiger partial charge on any atom is 0.258 e. The van der Waals surface area contributed by atoms with Crippen LogP contribution in [0, 0.1) is 12.8 Å². The van der Waals surface area contributed by atoms with Crippen molar-refractivity contribution >= 4 is 5.82 Å². The fraction of sp³-hybridized carbons (Fsp3) is 0.409. The van der Waals surface area contributed by atoms with Crippen molar-refractivity contribution in [3.63, 3.8) is 0 Å². The highest BCUT2D eigenvalue weighted by Crippen LogP contribution is 2.24. The van der Waals surface area contributed by atoms with Gasteiger partial charge in [0.2, 0.25) is 0 Å². The maximum atomic E-state index is 5.28. The molecule has 0 amide bonds. The third-order valence-electron chi connectivity index (χ3n) is 5.40. The molecule has 0 unspecified atom stereocenters. The molecule has 3 aromatic rings. The van der Waals surface area contributed by atoms with Gasteiger partial charge in [0.1, 0.15) is 5.82 Å². The van der Waals surface area contributed by atoms with Crippen molar-refractivity contribution in [1.82, 2.24) is 20.0 Å². The quantitative estimate of drug-likeness (QED) is 0.651. The van der Waals surface area contributed by atoms with Crippen molar-refractivity contribution in [2.45, 2.75) is 26.3 Å². The molecular formula is C22H27N5O. The number of nitrogens with zero attached hydrogens (tertiary/aromatic N) is 5. The first kappa shape index (κ1) is 18.6. The summed E-state index contributed by atoms with van der Waals surface area (Å²) in [5, 5.41) is 3.87. The molecule has 0 spiro atoms. The minimum absolute atomic E-state index is 0.545. The number of pyridine rings is 1. The topological polar surface area (TPSA) is 58.3 Å². The predicted molar refractivity (Wildman–Crippen MR) is 110 cm³/mol. The first-order valence-electron chi connectivity index (χ1n) is 9.91. The van der Waals surface area contributed by atoms with Gasteiger partial charge in [-0.3, -0.25) is 4.90 Å². The fourth-order valence-electron chi connectivity index (χ4n) is 3.82. The average Bonchev–Trinajstić information content (AvgIpc) is 3.17. The van der Waals surface area contributed by atoms with Crippen LogP contribution in [0.3, 0.4) is 0 Å². The molecule has 0 saturated carbocycles. The normalized spacial score (nSPS) is 15.6. The van der Waals surface area contributed by atoms with E-state index in [9.17, 15) is 0 Å². The van der Waals surface area contributed by atoms with Crippen LogP contribution in [-0.4, -0.2) is 46.7 Å². The van der Waals surface area contributed by atoms with Crippen molar-refractivity contribution in [2.75, 3.05) is 31.6 Å². The van der Waals surface area contributed by atoms with E-state index in [2.05, 4.69) is 62.3 Å². The SMILES string of the molecule is Cc1noc(-c2ccnc(N(C)CC3CCN(Cc4ccccc4)CC3)c2)n1. The summed E-state index contributed by atoms with van der Waals surface area (Å²) in [6.07, 6.45) is 4.25. The number of hydrogen-bond donors (Lipinski definition) is 0. The number of likely N-dealkylation sites (tertiary alicyclic amines) is 1. The van der Waals surface area contributed by atoms with Crippen molar-refractivity contribution in [3.05, 3.63) is 60.0 Å². The smallest absolute Gasteiger partial charge is 0.258 e. The second-order valence-electron chi connectivity index (χ2n) is 7.64. The van der Waals surface area contributed by atoms with E-state index in [4.69, 9.17) is 4.52 Å². The van der Waals surface area contributed by atoms with Gasteiger partial charge in [0.25, 0.3) is 5.89 Å². The number of hydrogen-bond acceptors (Lipinski definition) is 6. The highest BCUT2D eigenvalue weighted by molar-refractivity contribution is 5.58. The monoisotopic (exact) mass is 377 g/mol. The molecule has 1 fully saturated rings. The highest BCUT2D eigenvalue weighted by atomic mass is 16.5. The first-order chi connectivity index (χ1) is 13.7. The summed E-state index contributed by atoms with van der Waals surface area (Å²) in [5.74, 6) is 2.82. The van der Waals surface area contributed by atoms with E-state index in [0.29, 0.717) is 17.6 Å². The lowest BCUT2D eigenvalue weighted by molar-refractivity contribution is 0.179. The zero-order valence-corrected chi connectivity index (χ0v) is 16.6. The lowest BCUT2D eigenvalue weighted by Crippen LogP contribution is -2.37. The van der Waals surface area contributed by atoms with Crippen molar-refractivity contribution < 1.29 is 4.52 Å². The van der Waals surface area contributed by atoms with Crippen molar-refractivity contribution in [2.24, 2.45) is 5.92 Å². The fourth-order valence-corrected chi connectivity index (χ4v) is 3.82. The van der Waals surface area contributed by atoms with E-state index in [1.807, 2.05) is 25.3 Å². The van der Waals surface area contributed by atoms with E-state index in [-0.39, 0.29) is 0 Å². The minimum atomic E-state index is 0.545. The molecule has 0 bridgehead atoms. The van der Waals surface area contributed by atoms with Crippen molar-refractivity contribution in [3.8, 4) is 11.5 Å². The van der Waals surface area contributed by atoms with Crippen LogP contribution in [0.15, 0.2) is 53.2 Å². The molecule has 4 rings (SSSR count). The molecule has 6 nitrogen and oxygen atoms in total. The summed E-state index contributed by atoms with van der Waals surface area (Å²) in [6, 6.07) is 14.7. The highest BCUT2D eigenvalue weighted by Gasteiger charge is 2.21. The van der Waals surface area contributed by atoms with Crippen LogP contribution in [0.1, 0.15) is 24.2 Å². The second kappa shape index (κ2) is 8.52. The van der Waals surface area contributed by atoms with Gasteiger partial charge in [0.05, 0.1) is 0 Å². The first-order valence-corrected chi connectivity index (χ1v) is 9.91. The van der Waals surface area contributed by atoms with Gasteiger partial charge in [0, 0.05) is 31.9 Å². The zero-order valence-electron chi connectivity index (χ0n) is 16.6. The summed E-state index contributed by atoms with van der Waals surface area (Å²) < 4.78 is 5.28. The average molecular weight is 377 g/mol. The number of rotatable bonds is 6. The Hall–Kier alpha value is -2.73. The molecule has 0 aliphatic carbocycles. The van der Waals surface area contributed by atoms with Crippen LogP contribution >= 0.6 is 0 Å². The summed E-state index contributed by atoms with van der Waals surface area (Å²) in [7, 11) is 2.11. The number of aryl methyl sites for hydroxylation is 1. The van der Waals surface area contributed by atoms with Gasteiger partial charge >= 0.3 is 0 Å². The molecule has 1 aliphatic heterocycles. The molecule has 1 saturated heterocycles. The Labute approximate surface area is 166 Å². The van der Waals surface area contributed by atoms with Crippen LogP contribution in [0.4, 0.5) is 5.82 Å². The molecule has 1 aromatic carbocycles. The summed E-state index contributed by atoms with van der Waals surface area (Å²) in [5.41, 5.74) is 2.31. The molecule has 0 atom stereocenters. The lowest BCUT2D eigenvalue weighted by atomic mass is 9.96. The Morgan fingerprint density at radius 1 is 1.14 bits per heavy atom. The van der Waals surface area contributed by atoms with E-state index >= 15 is 0 Å². The van der Waals surface area contributed by atoms with E-state index in [0.717, 1.165) is 37.6 Å². The number of aromatic nitrogens is 3. The van der Waals surface area contributed by atoms with Gasteiger partial charge < -0.3 is 9.42 Å². The lowest BCUT2D eigenvalue weighted by Gasteiger charge is -2.34. The molecular weight excluding hydrogens is 350 g/mol. The molecule has 28 heavy (non-hydrogen) atoms. The Morgan fingerprint density at radius 3 is 2.64 bits per heavy atom. The Balaban J connectivity index is 1.31. The standard InChI is InChI=1S/C22H27N5O/c1-17-24-22(28-25-17)20-8-11-23-21(14-20)26(2)15-19-9-12-27(13-10-19)16-18-6-4-3-5-7-18/h3-8,11,14,19H,9-10,12-13,15-16H2,1-2H3. The van der Waals surface area contributed by atoms with Gasteiger partial charge in [0.15, 0.2) is 5.82 Å². The van der Waals surface area contributed by atoms with E-state index < -0.39 is 0 Å². The molecule has 3 heterocycles. The Morgan fingerprint density at radius 2 is 1.93 bits per heavy atom. The van der Waals surface area contributed by atoms with Crippen LogP contribution in [0.5, 0.6) is 0 Å². The summed E-state index contributed by atoms with van der Waals surface area (Å²) in [6.45, 7) is 6.20. The zero-order chi connectivity index (χ0) is 19.3. The maximum absolute atomic E-state index is 5.28. The predicted octanol–water partition coefficient (Wildman–Crippen LogP) is 3.79. The van der Waals surface area contributed by atoms with Crippen LogP contribution < -0.4 is 4.90 Å². The molecule has 0 N–H and O–H groups in total. The molecule has 0 radical (unpaired) electrons. The summed E-state index contributed by atoms with van der Waals surface area (Å²) in [4.78, 5) is 13.6. The Bertz CT molecular complexity index is 887. The van der Waals surface area contributed by atoms with Crippen LogP contribution in [-0.2, 0) is 6.54 Å². The molecule has 146 valence electrons. The van der Waals surface area contributed by atoms with Crippen LogP contribution in [0.25, 0.3) is 11.5 Å². The number of anilines is 1. The molecule has 6 heteroatoms. The van der Waals surface area contributed by atoms with Gasteiger partial charge in [-0.2, -0.15) is 4.98 Å². The van der Waals surface area contributed by atoms with Gasteiger partial charge in [-0.1, -0.05) is 35.5 Å². The summed E-state index contributed by atoms with van der Waals surface area (Å²) >= 11 is 0. The van der Waals surface area contributed by atoms with Crippen molar-refractivity contribution in [1.29, 1.82) is 0 Å². The van der Waals surface area contributed by atoms with Gasteiger partial charge in [-0.05, 0) is 56.5 Å². The van der Waals surface area contributed by atoms with E-state index in [1.54, 1.807) is 0 Å². The Kier molecular flexibility index (Phi) is 5.67. The van der Waals surface area contributed by atoms with Crippen LogP contribution in [0.2, 0.25) is 0 Å². The van der Waals surface area contributed by atoms with Gasteiger partial charge in [-0.25, -0.2) is 4.98 Å².